The fourth-order valence-corrected chi connectivity index (χ4v) is 3.41. The van der Waals surface area contributed by atoms with Crippen molar-refractivity contribution in [1.82, 2.24) is 14.8 Å². The minimum atomic E-state index is -0.463. The van der Waals surface area contributed by atoms with Crippen LogP contribution in [0, 0.1) is 0 Å². The largest absolute Gasteiger partial charge is 0.395 e. The Labute approximate surface area is 166 Å². The van der Waals surface area contributed by atoms with Crippen LogP contribution < -0.4 is 0 Å². The average Bonchev–Trinajstić information content (AvgIpc) is 2.88. The molecule has 0 aliphatic carbocycles. The maximum Gasteiger partial charge on any atom is 0.278 e. The number of amides is 2. The number of hydrogen-bond acceptors (Lipinski definition) is 5. The van der Waals surface area contributed by atoms with E-state index in [-0.39, 0.29) is 36.0 Å². The van der Waals surface area contributed by atoms with Crippen molar-refractivity contribution in [2.24, 2.45) is 0 Å². The van der Waals surface area contributed by atoms with Crippen molar-refractivity contribution in [3.05, 3.63) is 69.6 Å². The summed E-state index contributed by atoms with van der Waals surface area (Å²) in [5.41, 5.74) is 1.39. The third-order valence-electron chi connectivity index (χ3n) is 4.21. The van der Waals surface area contributed by atoms with Crippen LogP contribution in [0.15, 0.2) is 48.3 Å². The molecule has 6 nitrogen and oxygen atoms in total. The third-order valence-corrected chi connectivity index (χ3v) is 4.76. The molecule has 0 unspecified atom stereocenters. The highest BCUT2D eigenvalue weighted by Gasteiger charge is 2.41. The van der Waals surface area contributed by atoms with Crippen molar-refractivity contribution < 1.29 is 14.7 Å². The Kier molecular flexibility index (Phi) is 5.79. The van der Waals surface area contributed by atoms with E-state index in [0.29, 0.717) is 16.3 Å². The average molecular weight is 406 g/mol. The van der Waals surface area contributed by atoms with E-state index in [0.717, 1.165) is 4.90 Å². The lowest BCUT2D eigenvalue weighted by Gasteiger charge is -2.20. The van der Waals surface area contributed by atoms with Gasteiger partial charge in [0.2, 0.25) is 0 Å². The molecule has 0 saturated heterocycles. The molecule has 0 saturated carbocycles. The van der Waals surface area contributed by atoms with E-state index in [1.54, 1.807) is 48.5 Å². The predicted octanol–water partition coefficient (Wildman–Crippen LogP) is 2.59. The highest BCUT2D eigenvalue weighted by atomic mass is 35.5. The number of nitrogens with zero attached hydrogens (tertiary/aromatic N) is 3. The van der Waals surface area contributed by atoms with Crippen molar-refractivity contribution in [2.45, 2.75) is 6.54 Å². The predicted molar refractivity (Wildman–Crippen MR) is 103 cm³/mol. The van der Waals surface area contributed by atoms with Gasteiger partial charge in [-0.15, -0.1) is 0 Å². The number of halogens is 2. The molecule has 1 aliphatic heterocycles. The molecule has 0 atom stereocenters. The van der Waals surface area contributed by atoms with Crippen LogP contribution in [0.1, 0.15) is 11.3 Å². The molecule has 140 valence electrons. The number of aliphatic hydroxyl groups is 1. The van der Waals surface area contributed by atoms with E-state index in [4.69, 9.17) is 23.2 Å². The van der Waals surface area contributed by atoms with Crippen LogP contribution in [0.2, 0.25) is 10.0 Å². The van der Waals surface area contributed by atoms with Crippen LogP contribution in [0.3, 0.4) is 0 Å². The number of likely N-dealkylation sites (N-methyl/N-ethyl adjacent to an activating group) is 1. The van der Waals surface area contributed by atoms with Gasteiger partial charge >= 0.3 is 0 Å². The fourth-order valence-electron chi connectivity index (χ4n) is 2.91. The number of imide groups is 1. The van der Waals surface area contributed by atoms with Crippen LogP contribution in [0.5, 0.6) is 0 Å². The van der Waals surface area contributed by atoms with Crippen molar-refractivity contribution in [3.63, 3.8) is 0 Å². The number of carbonyl (C=O) groups is 2. The highest BCUT2D eigenvalue weighted by molar-refractivity contribution is 6.41. The second-order valence-electron chi connectivity index (χ2n) is 6.01. The first-order valence-electron chi connectivity index (χ1n) is 8.21. The summed E-state index contributed by atoms with van der Waals surface area (Å²) < 4.78 is 0. The van der Waals surface area contributed by atoms with E-state index >= 15 is 0 Å². The number of rotatable bonds is 6. The van der Waals surface area contributed by atoms with E-state index in [1.165, 1.54) is 6.07 Å². The normalized spacial score (nSPS) is 14.3. The van der Waals surface area contributed by atoms with Gasteiger partial charge in [-0.05, 0) is 24.3 Å². The highest BCUT2D eigenvalue weighted by Crippen LogP contribution is 2.36. The Hall–Kier alpha value is -2.41. The summed E-state index contributed by atoms with van der Waals surface area (Å²) in [6, 6.07) is 10.0. The SMILES string of the molecule is CN(CCO)C1=C(c2ccc(Cl)cc2Cl)C(=O)N(Cc2ccccn2)C1=O. The smallest absolute Gasteiger partial charge is 0.278 e. The summed E-state index contributed by atoms with van der Waals surface area (Å²) in [5, 5.41) is 9.97. The molecule has 2 amide bonds. The first-order chi connectivity index (χ1) is 12.9. The van der Waals surface area contributed by atoms with Gasteiger partial charge in [-0.25, -0.2) is 0 Å². The lowest BCUT2D eigenvalue weighted by Crippen LogP contribution is -2.34. The van der Waals surface area contributed by atoms with Gasteiger partial charge in [0.25, 0.3) is 11.8 Å². The van der Waals surface area contributed by atoms with Gasteiger partial charge in [0, 0.05) is 30.4 Å². The molecule has 1 aromatic heterocycles. The maximum atomic E-state index is 13.1. The number of pyridine rings is 1. The van der Waals surface area contributed by atoms with Gasteiger partial charge in [0.1, 0.15) is 5.70 Å². The second-order valence-corrected chi connectivity index (χ2v) is 6.85. The van der Waals surface area contributed by atoms with Gasteiger partial charge in [0.15, 0.2) is 0 Å². The maximum absolute atomic E-state index is 13.1. The zero-order valence-corrected chi connectivity index (χ0v) is 16.0. The van der Waals surface area contributed by atoms with Crippen molar-refractivity contribution >= 4 is 40.6 Å². The van der Waals surface area contributed by atoms with Gasteiger partial charge in [0.05, 0.1) is 29.4 Å². The second kappa shape index (κ2) is 8.08. The Morgan fingerprint density at radius 2 is 1.93 bits per heavy atom. The zero-order chi connectivity index (χ0) is 19.6. The third kappa shape index (κ3) is 3.83. The summed E-state index contributed by atoms with van der Waals surface area (Å²) in [6.07, 6.45) is 1.60. The number of carbonyl (C=O) groups excluding carboxylic acids is 2. The first kappa shape index (κ1) is 19.4. The van der Waals surface area contributed by atoms with Gasteiger partial charge in [-0.3, -0.25) is 19.5 Å². The van der Waals surface area contributed by atoms with E-state index in [2.05, 4.69) is 4.98 Å². The molecular weight excluding hydrogens is 389 g/mol. The molecule has 1 aliphatic rings. The van der Waals surface area contributed by atoms with Gasteiger partial charge in [-0.2, -0.15) is 0 Å². The summed E-state index contributed by atoms with van der Waals surface area (Å²) in [4.78, 5) is 33.0. The number of benzene rings is 1. The summed E-state index contributed by atoms with van der Waals surface area (Å²) in [6.45, 7) is 0.0769. The van der Waals surface area contributed by atoms with Crippen molar-refractivity contribution in [3.8, 4) is 0 Å². The summed E-state index contributed by atoms with van der Waals surface area (Å²) in [5.74, 6) is -0.919. The molecule has 2 heterocycles. The van der Waals surface area contributed by atoms with Crippen LogP contribution in [-0.4, -0.2) is 51.9 Å². The van der Waals surface area contributed by atoms with Crippen LogP contribution in [0.4, 0.5) is 0 Å². The minimum Gasteiger partial charge on any atom is -0.395 e. The molecule has 1 N–H and O–H groups in total. The van der Waals surface area contributed by atoms with E-state index in [9.17, 15) is 14.7 Å². The number of aromatic nitrogens is 1. The lowest BCUT2D eigenvalue weighted by atomic mass is 10.0. The number of aliphatic hydroxyl groups excluding tert-OH is 1. The lowest BCUT2D eigenvalue weighted by molar-refractivity contribution is -0.138. The molecule has 27 heavy (non-hydrogen) atoms. The number of hydrogen-bond donors (Lipinski definition) is 1. The van der Waals surface area contributed by atoms with Crippen LogP contribution in [0.25, 0.3) is 5.57 Å². The standard InChI is InChI=1S/C19H17Cl2N3O3/c1-23(8-9-25)17-16(14-6-5-12(20)10-15(14)21)18(26)24(19(17)27)11-13-4-2-3-7-22-13/h2-7,10,25H,8-9,11H2,1H3. The molecule has 1 aromatic carbocycles. The Bertz CT molecular complexity index is 916. The quantitative estimate of drug-likeness (QED) is 0.747. The molecule has 3 rings (SSSR count). The minimum absolute atomic E-state index is 0.0453. The van der Waals surface area contributed by atoms with E-state index < -0.39 is 11.8 Å². The van der Waals surface area contributed by atoms with E-state index in [1.807, 2.05) is 0 Å². The summed E-state index contributed by atoms with van der Waals surface area (Å²) in [7, 11) is 1.64. The molecule has 2 aromatic rings. The Morgan fingerprint density at radius 1 is 1.15 bits per heavy atom. The molecule has 0 radical (unpaired) electrons. The molecule has 0 bridgehead atoms. The monoisotopic (exact) mass is 405 g/mol. The summed E-state index contributed by atoms with van der Waals surface area (Å²) >= 11 is 12.3. The first-order valence-corrected chi connectivity index (χ1v) is 8.97. The molecule has 0 fully saturated rings. The van der Waals surface area contributed by atoms with Crippen LogP contribution in [-0.2, 0) is 16.1 Å². The van der Waals surface area contributed by atoms with Gasteiger partial charge in [-0.1, -0.05) is 35.3 Å². The Morgan fingerprint density at radius 3 is 2.56 bits per heavy atom. The Balaban J connectivity index is 2.07. The molecule has 8 heteroatoms. The van der Waals surface area contributed by atoms with Gasteiger partial charge < -0.3 is 10.0 Å². The molecule has 0 spiro atoms. The topological polar surface area (TPSA) is 73.7 Å². The molecular formula is C19H17Cl2N3O3. The zero-order valence-electron chi connectivity index (χ0n) is 14.5. The van der Waals surface area contributed by atoms with Crippen molar-refractivity contribution in [1.29, 1.82) is 0 Å². The van der Waals surface area contributed by atoms with Crippen LogP contribution >= 0.6 is 23.2 Å². The fraction of sp³-hybridized carbons (Fsp3) is 0.211. The van der Waals surface area contributed by atoms with Crippen molar-refractivity contribution in [2.75, 3.05) is 20.2 Å².